The maximum absolute atomic E-state index is 11.3. The third-order valence-electron chi connectivity index (χ3n) is 11.0. The van der Waals surface area contributed by atoms with Gasteiger partial charge in [-0.15, -0.1) is 0 Å². The van der Waals surface area contributed by atoms with Crippen molar-refractivity contribution in [1.82, 2.24) is 0 Å². The van der Waals surface area contributed by atoms with E-state index in [1.807, 2.05) is 0 Å². The van der Waals surface area contributed by atoms with Gasteiger partial charge in [0.25, 0.3) is 0 Å². The molecule has 0 radical (unpaired) electrons. The number of fused-ring (bicyclic) bond motifs is 5. The minimum absolute atomic E-state index is 0.151. The van der Waals surface area contributed by atoms with Gasteiger partial charge in [-0.25, -0.2) is 4.18 Å². The van der Waals surface area contributed by atoms with Crippen LogP contribution in [0.4, 0.5) is 0 Å². The van der Waals surface area contributed by atoms with Gasteiger partial charge in [0.2, 0.25) is 0 Å². The van der Waals surface area contributed by atoms with Crippen LogP contribution in [0.15, 0.2) is 23.8 Å². The first-order valence-electron chi connectivity index (χ1n) is 13.9. The molecule has 0 heterocycles. The highest BCUT2D eigenvalue weighted by Gasteiger charge is 2.59. The molecule has 0 aromatic carbocycles. The van der Waals surface area contributed by atoms with Gasteiger partial charge in [0.05, 0.1) is 6.10 Å². The largest absolute Gasteiger partial charge is 0.397 e. The summed E-state index contributed by atoms with van der Waals surface area (Å²) in [6, 6.07) is 0. The maximum Gasteiger partial charge on any atom is 0.397 e. The Morgan fingerprint density at radius 1 is 1.09 bits per heavy atom. The Labute approximate surface area is 209 Å². The molecule has 4 rings (SSSR count). The van der Waals surface area contributed by atoms with Crippen molar-refractivity contribution in [3.05, 3.63) is 23.8 Å². The van der Waals surface area contributed by atoms with E-state index < -0.39 is 16.5 Å². The third-order valence-corrected chi connectivity index (χ3v) is 11.5. The van der Waals surface area contributed by atoms with Gasteiger partial charge < -0.3 is 0 Å². The molecule has 3 fully saturated rings. The van der Waals surface area contributed by atoms with Crippen LogP contribution in [0.2, 0.25) is 0 Å². The van der Waals surface area contributed by atoms with Crippen LogP contribution < -0.4 is 0 Å². The van der Waals surface area contributed by atoms with Crippen LogP contribution in [0.25, 0.3) is 0 Å². The van der Waals surface area contributed by atoms with E-state index in [0.29, 0.717) is 41.9 Å². The van der Waals surface area contributed by atoms with Crippen molar-refractivity contribution in [2.75, 3.05) is 0 Å². The van der Waals surface area contributed by atoms with Gasteiger partial charge >= 0.3 is 10.4 Å². The monoisotopic (exact) mass is 492 g/mol. The fourth-order valence-corrected chi connectivity index (χ4v) is 9.58. The minimum Gasteiger partial charge on any atom is -0.264 e. The highest BCUT2D eigenvalue weighted by molar-refractivity contribution is 7.80. The van der Waals surface area contributed by atoms with Crippen molar-refractivity contribution in [1.29, 1.82) is 0 Å². The molecule has 0 aromatic heterocycles. The standard InChI is InChI=1S/C29H48O4S/c1-7-21(19(2)3)9-8-20(4)25-12-13-26-24-11-10-22-18-23(33-34(30,31)32)14-16-28(22,5)27(24)15-17-29(25,26)6/h8-10,19-21,23-27H,7,11-18H2,1-6H3,(H,30,31,32)/b9-8+/t20?,21-,23+,24+,25-,26+,27+,28+,29-/m1/s1. The molecule has 0 saturated heterocycles. The van der Waals surface area contributed by atoms with Gasteiger partial charge in [-0.2, -0.15) is 8.42 Å². The van der Waals surface area contributed by atoms with Gasteiger partial charge in [-0.1, -0.05) is 65.3 Å². The third kappa shape index (κ3) is 4.83. The summed E-state index contributed by atoms with van der Waals surface area (Å²) in [4.78, 5) is 0. The zero-order valence-electron chi connectivity index (χ0n) is 22.3. The second-order valence-corrected chi connectivity index (χ2v) is 14.0. The van der Waals surface area contributed by atoms with Crippen molar-refractivity contribution < 1.29 is 17.2 Å². The van der Waals surface area contributed by atoms with Gasteiger partial charge in [0.1, 0.15) is 0 Å². The smallest absolute Gasteiger partial charge is 0.264 e. The molecule has 1 unspecified atom stereocenters. The molecule has 5 heteroatoms. The van der Waals surface area contributed by atoms with Crippen molar-refractivity contribution in [2.24, 2.45) is 52.3 Å². The molecule has 0 spiro atoms. The lowest BCUT2D eigenvalue weighted by atomic mass is 9.47. The van der Waals surface area contributed by atoms with E-state index in [1.54, 1.807) is 0 Å². The van der Waals surface area contributed by atoms with Crippen LogP contribution in [-0.4, -0.2) is 19.1 Å². The SMILES string of the molecule is CC[C@H](/C=C/C(C)[C@H]1CC[C@H]2[C@@H]3CC=C4C[C@@H](OS(=O)(=O)O)CC[C@]4(C)[C@H]3CC[C@]12C)C(C)C. The predicted molar refractivity (Wildman–Crippen MR) is 139 cm³/mol. The lowest BCUT2D eigenvalue weighted by Crippen LogP contribution is -2.51. The van der Waals surface area contributed by atoms with Crippen molar-refractivity contribution in [3.8, 4) is 0 Å². The molecule has 4 aliphatic carbocycles. The van der Waals surface area contributed by atoms with Gasteiger partial charge in [-0.3, -0.25) is 4.55 Å². The first kappa shape index (κ1) is 26.4. The fraction of sp³-hybridized carbons (Fsp3) is 0.862. The van der Waals surface area contributed by atoms with Crippen molar-refractivity contribution >= 4 is 10.4 Å². The summed E-state index contributed by atoms with van der Waals surface area (Å²) >= 11 is 0. The summed E-state index contributed by atoms with van der Waals surface area (Å²) in [6.07, 6.45) is 17.0. The predicted octanol–water partition coefficient (Wildman–Crippen LogP) is 7.63. The van der Waals surface area contributed by atoms with Crippen LogP contribution in [0.3, 0.4) is 0 Å². The average molecular weight is 493 g/mol. The molecule has 9 atom stereocenters. The Morgan fingerprint density at radius 3 is 2.47 bits per heavy atom. The Hall–Kier alpha value is -0.650. The lowest BCUT2D eigenvalue weighted by Gasteiger charge is -2.58. The fourth-order valence-electron chi connectivity index (χ4n) is 9.07. The first-order chi connectivity index (χ1) is 15.9. The zero-order valence-corrected chi connectivity index (χ0v) is 23.1. The normalized spacial score (nSPS) is 42.1. The molecule has 4 aliphatic rings. The summed E-state index contributed by atoms with van der Waals surface area (Å²) in [7, 11) is -4.39. The molecule has 0 aromatic rings. The van der Waals surface area contributed by atoms with E-state index in [9.17, 15) is 8.42 Å². The van der Waals surface area contributed by atoms with E-state index in [4.69, 9.17) is 8.74 Å². The molecule has 0 amide bonds. The molecule has 1 N–H and O–H groups in total. The molecule has 0 aliphatic heterocycles. The van der Waals surface area contributed by atoms with Gasteiger partial charge in [0, 0.05) is 0 Å². The first-order valence-corrected chi connectivity index (χ1v) is 15.3. The minimum atomic E-state index is -4.39. The van der Waals surface area contributed by atoms with Crippen LogP contribution in [0, 0.1) is 52.3 Å². The van der Waals surface area contributed by atoms with Crippen molar-refractivity contribution in [3.63, 3.8) is 0 Å². The number of allylic oxidation sites excluding steroid dienone is 3. The van der Waals surface area contributed by atoms with Gasteiger partial charge in [-0.05, 0) is 110 Å². The quantitative estimate of drug-likeness (QED) is 0.293. The summed E-state index contributed by atoms with van der Waals surface area (Å²) in [5, 5.41) is 0. The van der Waals surface area contributed by atoms with Crippen LogP contribution in [-0.2, 0) is 14.6 Å². The van der Waals surface area contributed by atoms with Gasteiger partial charge in [0.15, 0.2) is 0 Å². The Kier molecular flexibility index (Phi) is 7.51. The molecule has 0 bridgehead atoms. The highest BCUT2D eigenvalue weighted by Crippen LogP contribution is 2.67. The van der Waals surface area contributed by atoms with Crippen LogP contribution in [0.5, 0.6) is 0 Å². The average Bonchev–Trinajstić information content (AvgIpc) is 3.10. The molecule has 194 valence electrons. The van der Waals surface area contributed by atoms with E-state index in [1.165, 1.54) is 37.7 Å². The van der Waals surface area contributed by atoms with E-state index in [0.717, 1.165) is 30.6 Å². The van der Waals surface area contributed by atoms with E-state index in [-0.39, 0.29) is 5.41 Å². The molecular weight excluding hydrogens is 444 g/mol. The number of hydrogen-bond acceptors (Lipinski definition) is 3. The second-order valence-electron chi connectivity index (χ2n) is 12.9. The van der Waals surface area contributed by atoms with Crippen molar-refractivity contribution in [2.45, 2.75) is 105 Å². The summed E-state index contributed by atoms with van der Waals surface area (Å²) in [5.41, 5.74) is 1.96. The van der Waals surface area contributed by atoms with Crippen LogP contribution >= 0.6 is 0 Å². The topological polar surface area (TPSA) is 63.6 Å². The number of hydrogen-bond donors (Lipinski definition) is 1. The van der Waals surface area contributed by atoms with E-state index in [2.05, 4.69) is 59.8 Å². The highest BCUT2D eigenvalue weighted by atomic mass is 32.3. The molecule has 4 nitrogen and oxygen atoms in total. The zero-order chi connectivity index (χ0) is 24.9. The summed E-state index contributed by atoms with van der Waals surface area (Å²) in [6.45, 7) is 14.5. The summed E-state index contributed by atoms with van der Waals surface area (Å²) < 4.78 is 36.6. The van der Waals surface area contributed by atoms with Crippen LogP contribution in [0.1, 0.15) is 99.3 Å². The Balaban J connectivity index is 1.50. The number of rotatable bonds is 7. The lowest BCUT2D eigenvalue weighted by molar-refractivity contribution is -0.0527. The Morgan fingerprint density at radius 2 is 1.82 bits per heavy atom. The molecule has 34 heavy (non-hydrogen) atoms. The molecular formula is C29H48O4S. The van der Waals surface area contributed by atoms with E-state index >= 15 is 0 Å². The maximum atomic E-state index is 11.3. The Bertz CT molecular complexity index is 905. The summed E-state index contributed by atoms with van der Waals surface area (Å²) in [5.74, 6) is 5.02. The molecule has 3 saturated carbocycles. The second kappa shape index (κ2) is 9.67.